The molecular formula is C24H21N5O3. The Labute approximate surface area is 184 Å². The third-order valence-corrected chi connectivity index (χ3v) is 5.37. The second kappa shape index (κ2) is 8.58. The van der Waals surface area contributed by atoms with E-state index in [0.717, 1.165) is 17.7 Å². The molecular weight excluding hydrogens is 406 g/mol. The Balaban J connectivity index is 1.31. The number of hydrogen-bond acceptors (Lipinski definition) is 7. The second-order valence-corrected chi connectivity index (χ2v) is 7.62. The summed E-state index contributed by atoms with van der Waals surface area (Å²) < 4.78 is 11.8. The average Bonchev–Trinajstić information content (AvgIpc) is 3.50. The van der Waals surface area contributed by atoms with Crippen LogP contribution >= 0.6 is 0 Å². The number of aryl methyl sites for hydroxylation is 1. The first-order valence-electron chi connectivity index (χ1n) is 10.4. The van der Waals surface area contributed by atoms with E-state index in [1.54, 1.807) is 23.5 Å². The fourth-order valence-corrected chi connectivity index (χ4v) is 3.66. The van der Waals surface area contributed by atoms with Crippen molar-refractivity contribution in [3.8, 4) is 28.6 Å². The first-order valence-corrected chi connectivity index (χ1v) is 10.4. The SMILES string of the molecule is Cc1ccc(C(=O)N2CCC(Oc3ccccc3-c3nc(-c4ccncc4)no3)C2)cn1. The zero-order chi connectivity index (χ0) is 21.9. The van der Waals surface area contributed by atoms with Crippen molar-refractivity contribution >= 4 is 5.91 Å². The van der Waals surface area contributed by atoms with Crippen molar-refractivity contribution in [2.75, 3.05) is 13.1 Å². The van der Waals surface area contributed by atoms with Crippen molar-refractivity contribution in [3.63, 3.8) is 0 Å². The Morgan fingerprint density at radius 2 is 1.97 bits per heavy atom. The lowest BCUT2D eigenvalue weighted by Gasteiger charge is -2.18. The van der Waals surface area contributed by atoms with Crippen LogP contribution in [0.2, 0.25) is 0 Å². The van der Waals surface area contributed by atoms with Gasteiger partial charge in [0, 0.05) is 42.8 Å². The highest BCUT2D eigenvalue weighted by Gasteiger charge is 2.29. The number of benzene rings is 1. The molecule has 0 saturated carbocycles. The van der Waals surface area contributed by atoms with Gasteiger partial charge in [-0.25, -0.2) is 0 Å². The third-order valence-electron chi connectivity index (χ3n) is 5.37. The third kappa shape index (κ3) is 4.07. The topological polar surface area (TPSA) is 94.2 Å². The number of amides is 1. The number of rotatable bonds is 5. The fourth-order valence-electron chi connectivity index (χ4n) is 3.66. The molecule has 4 heterocycles. The largest absolute Gasteiger partial charge is 0.488 e. The van der Waals surface area contributed by atoms with Crippen molar-refractivity contribution in [2.45, 2.75) is 19.4 Å². The molecule has 0 aliphatic carbocycles. The first kappa shape index (κ1) is 19.9. The molecule has 0 N–H and O–H groups in total. The molecule has 3 aromatic heterocycles. The van der Waals surface area contributed by atoms with Crippen LogP contribution in [-0.2, 0) is 0 Å². The van der Waals surface area contributed by atoms with Gasteiger partial charge in [-0.1, -0.05) is 17.3 Å². The highest BCUT2D eigenvalue weighted by atomic mass is 16.5. The maximum Gasteiger partial charge on any atom is 0.262 e. The van der Waals surface area contributed by atoms with Crippen LogP contribution in [0.15, 0.2) is 71.6 Å². The first-order chi connectivity index (χ1) is 15.7. The summed E-state index contributed by atoms with van der Waals surface area (Å²) in [5, 5.41) is 4.08. The van der Waals surface area contributed by atoms with Crippen LogP contribution in [0.4, 0.5) is 0 Å². The zero-order valence-corrected chi connectivity index (χ0v) is 17.5. The number of para-hydroxylation sites is 1. The van der Waals surface area contributed by atoms with Gasteiger partial charge in [-0.15, -0.1) is 0 Å². The lowest BCUT2D eigenvalue weighted by Crippen LogP contribution is -2.31. The van der Waals surface area contributed by atoms with E-state index in [4.69, 9.17) is 9.26 Å². The average molecular weight is 427 g/mol. The minimum atomic E-state index is -0.124. The van der Waals surface area contributed by atoms with Gasteiger partial charge in [0.25, 0.3) is 11.8 Å². The predicted molar refractivity (Wildman–Crippen MR) is 117 cm³/mol. The molecule has 1 unspecified atom stereocenters. The number of nitrogens with zero attached hydrogens (tertiary/aromatic N) is 5. The highest BCUT2D eigenvalue weighted by molar-refractivity contribution is 5.94. The molecule has 32 heavy (non-hydrogen) atoms. The van der Waals surface area contributed by atoms with Crippen LogP contribution in [-0.4, -0.2) is 50.1 Å². The summed E-state index contributed by atoms with van der Waals surface area (Å²) in [7, 11) is 0. The van der Waals surface area contributed by atoms with Crippen molar-refractivity contribution in [1.29, 1.82) is 0 Å². The standard InChI is InChI=1S/C24H21N5O3/c1-16-6-7-18(14-26-16)24(30)29-13-10-19(15-29)31-21-5-3-2-4-20(21)23-27-22(28-32-23)17-8-11-25-12-9-17/h2-9,11-12,14,19H,10,13,15H2,1H3. The van der Waals surface area contributed by atoms with Gasteiger partial charge < -0.3 is 14.2 Å². The minimum Gasteiger partial charge on any atom is -0.488 e. The van der Waals surface area contributed by atoms with Crippen LogP contribution in [0.3, 0.4) is 0 Å². The summed E-state index contributed by atoms with van der Waals surface area (Å²) in [6.07, 6.45) is 5.61. The van der Waals surface area contributed by atoms with E-state index in [1.807, 2.05) is 55.5 Å². The molecule has 0 bridgehead atoms. The van der Waals surface area contributed by atoms with E-state index in [9.17, 15) is 4.79 Å². The molecule has 1 amide bonds. The van der Waals surface area contributed by atoms with Gasteiger partial charge >= 0.3 is 0 Å². The smallest absolute Gasteiger partial charge is 0.262 e. The maximum absolute atomic E-state index is 12.8. The normalized spacial score (nSPS) is 15.7. The fraction of sp³-hybridized carbons (Fsp3) is 0.208. The van der Waals surface area contributed by atoms with Gasteiger partial charge in [0.05, 0.1) is 17.7 Å². The van der Waals surface area contributed by atoms with E-state index in [2.05, 4.69) is 20.1 Å². The predicted octanol–water partition coefficient (Wildman–Crippen LogP) is 3.80. The molecule has 8 heteroatoms. The number of hydrogen-bond donors (Lipinski definition) is 0. The van der Waals surface area contributed by atoms with Crippen LogP contribution in [0.25, 0.3) is 22.8 Å². The van der Waals surface area contributed by atoms with Gasteiger partial charge in [-0.3, -0.25) is 14.8 Å². The molecule has 1 aromatic carbocycles. The Kier molecular flexibility index (Phi) is 5.33. The summed E-state index contributed by atoms with van der Waals surface area (Å²) in [6.45, 7) is 3.04. The van der Waals surface area contributed by atoms with Crippen LogP contribution in [0.5, 0.6) is 5.75 Å². The molecule has 1 aliphatic rings. The molecule has 0 radical (unpaired) electrons. The Hall–Kier alpha value is -4.07. The molecule has 1 saturated heterocycles. The monoisotopic (exact) mass is 427 g/mol. The van der Waals surface area contributed by atoms with Crippen LogP contribution in [0.1, 0.15) is 22.5 Å². The molecule has 160 valence electrons. The van der Waals surface area contributed by atoms with Crippen LogP contribution < -0.4 is 4.74 Å². The summed E-state index contributed by atoms with van der Waals surface area (Å²) in [4.78, 5) is 27.3. The van der Waals surface area contributed by atoms with E-state index in [0.29, 0.717) is 41.7 Å². The molecule has 4 aromatic rings. The second-order valence-electron chi connectivity index (χ2n) is 7.62. The number of carbonyl (C=O) groups is 1. The summed E-state index contributed by atoms with van der Waals surface area (Å²) in [6, 6.07) is 14.9. The van der Waals surface area contributed by atoms with Crippen molar-refractivity contribution in [1.82, 2.24) is 25.0 Å². The van der Waals surface area contributed by atoms with E-state index >= 15 is 0 Å². The molecule has 0 spiro atoms. The molecule has 1 fully saturated rings. The van der Waals surface area contributed by atoms with Gasteiger partial charge in [0.1, 0.15) is 11.9 Å². The van der Waals surface area contributed by atoms with E-state index in [-0.39, 0.29) is 12.0 Å². The maximum atomic E-state index is 12.8. The lowest BCUT2D eigenvalue weighted by molar-refractivity contribution is 0.0772. The number of likely N-dealkylation sites (tertiary alicyclic amines) is 1. The van der Waals surface area contributed by atoms with Gasteiger partial charge in [-0.2, -0.15) is 4.98 Å². The minimum absolute atomic E-state index is 0.0317. The zero-order valence-electron chi connectivity index (χ0n) is 17.5. The number of carbonyl (C=O) groups excluding carboxylic acids is 1. The molecule has 5 rings (SSSR count). The Bertz CT molecular complexity index is 1220. The summed E-state index contributed by atoms with van der Waals surface area (Å²) in [5.74, 6) is 1.48. The summed E-state index contributed by atoms with van der Waals surface area (Å²) in [5.41, 5.74) is 3.01. The van der Waals surface area contributed by atoms with E-state index < -0.39 is 0 Å². The number of aromatic nitrogens is 4. The highest BCUT2D eigenvalue weighted by Crippen LogP contribution is 2.32. The van der Waals surface area contributed by atoms with Gasteiger partial charge in [-0.05, 0) is 43.3 Å². The van der Waals surface area contributed by atoms with Gasteiger partial charge in [0.2, 0.25) is 5.82 Å². The molecule has 1 aliphatic heterocycles. The molecule has 8 nitrogen and oxygen atoms in total. The Morgan fingerprint density at radius 3 is 2.78 bits per heavy atom. The lowest BCUT2D eigenvalue weighted by atomic mass is 10.2. The number of ether oxygens (including phenoxy) is 1. The summed E-state index contributed by atoms with van der Waals surface area (Å²) >= 11 is 0. The van der Waals surface area contributed by atoms with Gasteiger partial charge in [0.15, 0.2) is 0 Å². The van der Waals surface area contributed by atoms with Crippen molar-refractivity contribution < 1.29 is 14.1 Å². The van der Waals surface area contributed by atoms with E-state index in [1.165, 1.54) is 0 Å². The van der Waals surface area contributed by atoms with Crippen molar-refractivity contribution in [3.05, 3.63) is 78.4 Å². The number of pyridine rings is 2. The molecule has 1 atom stereocenters. The quantitative estimate of drug-likeness (QED) is 0.478. The van der Waals surface area contributed by atoms with Crippen molar-refractivity contribution in [2.24, 2.45) is 0 Å². The Morgan fingerprint density at radius 1 is 1.12 bits per heavy atom. The van der Waals surface area contributed by atoms with Crippen LogP contribution in [0, 0.1) is 6.92 Å².